The smallest absolute Gasteiger partial charge is 0.311 e. The quantitative estimate of drug-likeness (QED) is 0.545. The largest absolute Gasteiger partial charge is 0.497 e. The lowest BCUT2D eigenvalue weighted by Gasteiger charge is -2.07. The Labute approximate surface area is 137 Å². The number of carbonyl (C=O) groups excluding carboxylic acids is 1. The van der Waals surface area contributed by atoms with Gasteiger partial charge in [-0.05, 0) is 54.8 Å². The predicted octanol–water partition coefficient (Wildman–Crippen LogP) is 4.02. The van der Waals surface area contributed by atoms with Crippen molar-refractivity contribution in [3.05, 3.63) is 54.1 Å². The van der Waals surface area contributed by atoms with Crippen LogP contribution in [0.3, 0.4) is 0 Å². The van der Waals surface area contributed by atoms with Crippen LogP contribution >= 0.6 is 0 Å². The highest BCUT2D eigenvalue weighted by atomic mass is 16.5. The van der Waals surface area contributed by atoms with E-state index in [1.165, 1.54) is 0 Å². The minimum absolute atomic E-state index is 0.247. The van der Waals surface area contributed by atoms with E-state index in [-0.39, 0.29) is 5.97 Å². The Kier molecular flexibility index (Phi) is 6.48. The number of carbonyl (C=O) groups is 1. The molecule has 0 N–H and O–H groups in total. The van der Waals surface area contributed by atoms with Crippen LogP contribution in [-0.4, -0.2) is 19.7 Å². The van der Waals surface area contributed by atoms with E-state index in [1.54, 1.807) is 19.2 Å². The van der Waals surface area contributed by atoms with Gasteiger partial charge in [-0.25, -0.2) is 0 Å². The minimum atomic E-state index is -0.247. The van der Waals surface area contributed by atoms with E-state index in [4.69, 9.17) is 14.2 Å². The maximum absolute atomic E-state index is 11.9. The molecule has 0 aliphatic rings. The Balaban J connectivity index is 1.79. The number of hydrogen-bond acceptors (Lipinski definition) is 4. The first-order chi connectivity index (χ1) is 11.2. The zero-order valence-electron chi connectivity index (χ0n) is 13.6. The number of ether oxygens (including phenoxy) is 3. The molecule has 0 atom stereocenters. The molecule has 0 spiro atoms. The summed E-state index contributed by atoms with van der Waals surface area (Å²) in [4.78, 5) is 11.9. The van der Waals surface area contributed by atoms with Gasteiger partial charge in [0.05, 0.1) is 13.7 Å². The minimum Gasteiger partial charge on any atom is -0.497 e. The van der Waals surface area contributed by atoms with Crippen molar-refractivity contribution in [2.24, 2.45) is 0 Å². The van der Waals surface area contributed by atoms with E-state index < -0.39 is 0 Å². The van der Waals surface area contributed by atoms with Gasteiger partial charge in [0.2, 0.25) is 0 Å². The van der Waals surface area contributed by atoms with Crippen molar-refractivity contribution in [2.45, 2.75) is 26.2 Å². The van der Waals surface area contributed by atoms with Crippen molar-refractivity contribution >= 4 is 5.97 Å². The topological polar surface area (TPSA) is 44.8 Å². The summed E-state index contributed by atoms with van der Waals surface area (Å²) in [6.45, 7) is 2.74. The molecule has 0 amide bonds. The van der Waals surface area contributed by atoms with E-state index in [2.05, 4.69) is 6.92 Å². The molecule has 0 aliphatic carbocycles. The third-order valence-electron chi connectivity index (χ3n) is 3.31. The SMILES string of the molecule is CCCOc1ccc(OC(=O)CCc2ccc(OC)cc2)cc1. The fraction of sp³-hybridized carbons (Fsp3) is 0.316. The van der Waals surface area contributed by atoms with Gasteiger partial charge in [0, 0.05) is 6.42 Å². The molecule has 4 nitrogen and oxygen atoms in total. The Morgan fingerprint density at radius 3 is 2.13 bits per heavy atom. The predicted molar refractivity (Wildman–Crippen MR) is 89.2 cm³/mol. The molecular weight excluding hydrogens is 292 g/mol. The summed E-state index contributed by atoms with van der Waals surface area (Å²) in [5, 5.41) is 0. The molecule has 0 fully saturated rings. The second-order valence-electron chi connectivity index (χ2n) is 5.14. The standard InChI is InChI=1S/C19H22O4/c1-3-14-22-17-9-11-18(12-10-17)23-19(20)13-6-15-4-7-16(21-2)8-5-15/h4-5,7-12H,3,6,13-14H2,1-2H3. The highest BCUT2D eigenvalue weighted by Crippen LogP contribution is 2.19. The molecule has 122 valence electrons. The summed E-state index contributed by atoms with van der Waals surface area (Å²) in [6.07, 6.45) is 1.93. The lowest BCUT2D eigenvalue weighted by molar-refractivity contribution is -0.134. The first-order valence-electron chi connectivity index (χ1n) is 7.77. The van der Waals surface area contributed by atoms with Crippen molar-refractivity contribution in [1.29, 1.82) is 0 Å². The maximum atomic E-state index is 11.9. The molecule has 2 rings (SSSR count). The van der Waals surface area contributed by atoms with Crippen LogP contribution < -0.4 is 14.2 Å². The summed E-state index contributed by atoms with van der Waals surface area (Å²) in [5.74, 6) is 1.88. The summed E-state index contributed by atoms with van der Waals surface area (Å²) >= 11 is 0. The first kappa shape index (κ1) is 16.9. The van der Waals surface area contributed by atoms with Crippen LogP contribution in [-0.2, 0) is 11.2 Å². The fourth-order valence-electron chi connectivity index (χ4n) is 2.04. The van der Waals surface area contributed by atoms with Crippen molar-refractivity contribution in [2.75, 3.05) is 13.7 Å². The maximum Gasteiger partial charge on any atom is 0.311 e. The van der Waals surface area contributed by atoms with Crippen molar-refractivity contribution in [3.8, 4) is 17.2 Å². The number of methoxy groups -OCH3 is 1. The van der Waals surface area contributed by atoms with Gasteiger partial charge in [0.15, 0.2) is 0 Å². The van der Waals surface area contributed by atoms with Crippen LogP contribution in [0.25, 0.3) is 0 Å². The van der Waals surface area contributed by atoms with Gasteiger partial charge in [-0.15, -0.1) is 0 Å². The molecule has 0 aromatic heterocycles. The lowest BCUT2D eigenvalue weighted by atomic mass is 10.1. The number of rotatable bonds is 8. The highest BCUT2D eigenvalue weighted by molar-refractivity contribution is 5.72. The van der Waals surface area contributed by atoms with Crippen LogP contribution in [0, 0.1) is 0 Å². The summed E-state index contributed by atoms with van der Waals surface area (Å²) in [6, 6.07) is 14.8. The molecule has 2 aromatic rings. The van der Waals surface area contributed by atoms with Crippen LogP contribution in [0.2, 0.25) is 0 Å². The molecule has 23 heavy (non-hydrogen) atoms. The van der Waals surface area contributed by atoms with Crippen LogP contribution in [0.4, 0.5) is 0 Å². The molecule has 0 saturated carbocycles. The highest BCUT2D eigenvalue weighted by Gasteiger charge is 2.06. The number of aryl methyl sites for hydroxylation is 1. The monoisotopic (exact) mass is 314 g/mol. The third kappa shape index (κ3) is 5.66. The molecule has 4 heteroatoms. The lowest BCUT2D eigenvalue weighted by Crippen LogP contribution is -2.09. The summed E-state index contributed by atoms with van der Waals surface area (Å²) in [7, 11) is 1.63. The number of benzene rings is 2. The molecule has 0 saturated heterocycles. The zero-order chi connectivity index (χ0) is 16.5. The average molecular weight is 314 g/mol. The van der Waals surface area contributed by atoms with Gasteiger partial charge < -0.3 is 14.2 Å². The van der Waals surface area contributed by atoms with E-state index in [0.29, 0.717) is 25.2 Å². The van der Waals surface area contributed by atoms with Gasteiger partial charge in [0.1, 0.15) is 17.2 Å². The van der Waals surface area contributed by atoms with Gasteiger partial charge in [-0.3, -0.25) is 4.79 Å². The third-order valence-corrected chi connectivity index (χ3v) is 3.31. The average Bonchev–Trinajstić information content (AvgIpc) is 2.60. The molecule has 0 radical (unpaired) electrons. The summed E-state index contributed by atoms with van der Waals surface area (Å²) in [5.41, 5.74) is 1.08. The Morgan fingerprint density at radius 2 is 1.52 bits per heavy atom. The van der Waals surface area contributed by atoms with Crippen LogP contribution in [0.1, 0.15) is 25.3 Å². The Hall–Kier alpha value is -2.49. The fourth-order valence-corrected chi connectivity index (χ4v) is 2.04. The second-order valence-corrected chi connectivity index (χ2v) is 5.14. The molecular formula is C19H22O4. The van der Waals surface area contributed by atoms with Crippen molar-refractivity contribution < 1.29 is 19.0 Å². The van der Waals surface area contributed by atoms with Gasteiger partial charge in [0.25, 0.3) is 0 Å². The van der Waals surface area contributed by atoms with Crippen LogP contribution in [0.15, 0.2) is 48.5 Å². The van der Waals surface area contributed by atoms with E-state index in [9.17, 15) is 4.79 Å². The van der Waals surface area contributed by atoms with Crippen LogP contribution in [0.5, 0.6) is 17.2 Å². The molecule has 0 bridgehead atoms. The van der Waals surface area contributed by atoms with Gasteiger partial charge in [-0.2, -0.15) is 0 Å². The Bertz CT molecular complexity index is 602. The van der Waals surface area contributed by atoms with Gasteiger partial charge in [-0.1, -0.05) is 19.1 Å². The number of esters is 1. The Morgan fingerprint density at radius 1 is 0.913 bits per heavy atom. The molecule has 0 unspecified atom stereocenters. The van der Waals surface area contributed by atoms with Crippen molar-refractivity contribution in [1.82, 2.24) is 0 Å². The molecule has 0 aliphatic heterocycles. The van der Waals surface area contributed by atoms with Crippen molar-refractivity contribution in [3.63, 3.8) is 0 Å². The number of hydrogen-bond donors (Lipinski definition) is 0. The van der Waals surface area contributed by atoms with E-state index >= 15 is 0 Å². The molecule has 2 aromatic carbocycles. The molecule has 0 heterocycles. The normalized spacial score (nSPS) is 10.2. The zero-order valence-corrected chi connectivity index (χ0v) is 13.6. The summed E-state index contributed by atoms with van der Waals surface area (Å²) < 4.78 is 15.9. The first-order valence-corrected chi connectivity index (χ1v) is 7.77. The van der Waals surface area contributed by atoms with E-state index in [1.807, 2.05) is 36.4 Å². The second kappa shape index (κ2) is 8.83. The van der Waals surface area contributed by atoms with Gasteiger partial charge >= 0.3 is 5.97 Å². The van der Waals surface area contributed by atoms with E-state index in [0.717, 1.165) is 23.5 Å².